The van der Waals surface area contributed by atoms with Crippen molar-refractivity contribution in [1.82, 2.24) is 5.32 Å². The maximum absolute atomic E-state index is 13.0. The normalized spacial score (nSPS) is 20.5. The summed E-state index contributed by atoms with van der Waals surface area (Å²) in [4.78, 5) is 13.0. The molecule has 70 heavy (non-hydrogen) atoms. The molecule has 0 radical (unpaired) electrons. The molecule has 6 N–H and O–H groups in total. The van der Waals surface area contributed by atoms with E-state index in [2.05, 4.69) is 153 Å². The highest BCUT2D eigenvalue weighted by atomic mass is 16.7. The van der Waals surface area contributed by atoms with Crippen LogP contribution in [0.15, 0.2) is 134 Å². The van der Waals surface area contributed by atoms with Crippen LogP contribution in [0.25, 0.3) is 0 Å². The van der Waals surface area contributed by atoms with Crippen molar-refractivity contribution in [3.05, 3.63) is 134 Å². The Morgan fingerprint density at radius 1 is 0.500 bits per heavy atom. The van der Waals surface area contributed by atoms with Gasteiger partial charge in [0.25, 0.3) is 0 Å². The molecule has 0 aromatic rings. The highest BCUT2D eigenvalue weighted by Crippen LogP contribution is 2.23. The zero-order chi connectivity index (χ0) is 50.8. The standard InChI is InChI=1S/C61H99NO8/c1-3-5-7-9-11-13-15-16-17-18-19-20-21-22-23-24-25-26-27-28-29-30-31-32-33-34-35-36-37-38-39-40-41-43-45-47-49-51-57(65)62-54(53-69-61-60(68)59(67)58(66)56(52-63)70-61)55(64)50-48-46-44-42-14-12-10-8-6-4-2/h5,7,11,13,16-17,19-20,22-23,25-26,28-29,31-32,34-35,37-38,40-41,54-56,58-61,63-64,66-68H,3-4,6,8-10,12,14-15,18,21,24,27,30,33,36,39,42-53H2,1-2H3,(H,62,65)/b7-5-,13-11-,17-16-,20-19-,23-22-,26-25-,29-28-,32-31-,35-34-,38-37-,41-40-. The van der Waals surface area contributed by atoms with E-state index in [0.717, 1.165) is 116 Å². The first-order chi connectivity index (χ1) is 34.3. The van der Waals surface area contributed by atoms with Gasteiger partial charge in [-0.2, -0.15) is 0 Å². The van der Waals surface area contributed by atoms with Crippen molar-refractivity contribution in [3.63, 3.8) is 0 Å². The quantitative estimate of drug-likeness (QED) is 0.0261. The smallest absolute Gasteiger partial charge is 0.220 e. The van der Waals surface area contributed by atoms with Crippen molar-refractivity contribution >= 4 is 5.91 Å². The molecule has 1 heterocycles. The fourth-order valence-corrected chi connectivity index (χ4v) is 7.69. The highest BCUT2D eigenvalue weighted by molar-refractivity contribution is 5.76. The van der Waals surface area contributed by atoms with Gasteiger partial charge in [0.05, 0.1) is 25.4 Å². The van der Waals surface area contributed by atoms with Crippen LogP contribution in [-0.2, 0) is 14.3 Å². The van der Waals surface area contributed by atoms with E-state index in [1.54, 1.807) is 0 Å². The third-order valence-electron chi connectivity index (χ3n) is 12.0. The number of carbonyl (C=O) groups is 1. The zero-order valence-electron chi connectivity index (χ0n) is 43.7. The van der Waals surface area contributed by atoms with Crippen molar-refractivity contribution in [2.45, 2.75) is 230 Å². The molecule has 9 heteroatoms. The summed E-state index contributed by atoms with van der Waals surface area (Å²) in [6.45, 7) is 3.66. The van der Waals surface area contributed by atoms with Crippen LogP contribution < -0.4 is 5.32 Å². The Balaban J connectivity index is 2.20. The number of nitrogens with one attached hydrogen (secondary N) is 1. The third-order valence-corrected chi connectivity index (χ3v) is 12.0. The first-order valence-electron chi connectivity index (χ1n) is 27.4. The van der Waals surface area contributed by atoms with Crippen molar-refractivity contribution in [1.29, 1.82) is 0 Å². The second-order valence-electron chi connectivity index (χ2n) is 18.3. The molecule has 0 spiro atoms. The minimum Gasteiger partial charge on any atom is -0.394 e. The van der Waals surface area contributed by atoms with Crippen molar-refractivity contribution < 1.29 is 39.8 Å². The van der Waals surface area contributed by atoms with E-state index in [1.807, 2.05) is 0 Å². The maximum Gasteiger partial charge on any atom is 0.220 e. The fraction of sp³-hybridized carbons (Fsp3) is 0.623. The van der Waals surface area contributed by atoms with Crippen LogP contribution >= 0.6 is 0 Å². The molecule has 7 unspecified atom stereocenters. The number of aliphatic hydroxyl groups excluding tert-OH is 5. The predicted molar refractivity (Wildman–Crippen MR) is 294 cm³/mol. The largest absolute Gasteiger partial charge is 0.394 e. The minimum atomic E-state index is -1.57. The van der Waals surface area contributed by atoms with Crippen LogP contribution in [0.3, 0.4) is 0 Å². The third kappa shape index (κ3) is 38.1. The molecule has 1 aliphatic rings. The summed E-state index contributed by atoms with van der Waals surface area (Å²) < 4.78 is 11.2. The second-order valence-corrected chi connectivity index (χ2v) is 18.3. The molecule has 0 bridgehead atoms. The summed E-state index contributed by atoms with van der Waals surface area (Å²) in [6, 6.07) is -0.745. The van der Waals surface area contributed by atoms with E-state index in [1.165, 1.54) is 44.9 Å². The molecule has 1 aliphatic heterocycles. The van der Waals surface area contributed by atoms with Gasteiger partial charge in [-0.05, 0) is 96.3 Å². The van der Waals surface area contributed by atoms with E-state index >= 15 is 0 Å². The molecule has 7 atom stereocenters. The molecule has 1 amide bonds. The van der Waals surface area contributed by atoms with Gasteiger partial charge in [-0.25, -0.2) is 0 Å². The van der Waals surface area contributed by atoms with Crippen LogP contribution in [-0.4, -0.2) is 87.5 Å². The SMILES string of the molecule is CC/C=C\C/C=C\C/C=C\C/C=C\C/C=C\C/C=C\C/C=C\C/C=C\C/C=C\C/C=C\C/C=C\CCCCCC(=O)NC(COC1OC(CO)C(O)C(O)C1O)C(O)CCCCCCCCCCCC. The number of hydrogen-bond acceptors (Lipinski definition) is 8. The summed E-state index contributed by atoms with van der Waals surface area (Å²) in [5.74, 6) is -0.184. The summed E-state index contributed by atoms with van der Waals surface area (Å²) in [5, 5.41) is 54.3. The molecule has 1 saturated heterocycles. The van der Waals surface area contributed by atoms with E-state index in [0.29, 0.717) is 12.8 Å². The molecule has 396 valence electrons. The van der Waals surface area contributed by atoms with E-state index < -0.39 is 49.5 Å². The number of allylic oxidation sites excluding steroid dienone is 22. The first kappa shape index (κ1) is 64.3. The lowest BCUT2D eigenvalue weighted by atomic mass is 9.99. The van der Waals surface area contributed by atoms with Crippen LogP contribution in [0.5, 0.6) is 0 Å². The Bertz CT molecular complexity index is 1550. The summed E-state index contributed by atoms with van der Waals surface area (Å²) >= 11 is 0. The van der Waals surface area contributed by atoms with Gasteiger partial charge in [-0.15, -0.1) is 0 Å². The van der Waals surface area contributed by atoms with E-state index in [4.69, 9.17) is 9.47 Å². The lowest BCUT2D eigenvalue weighted by molar-refractivity contribution is -0.302. The van der Waals surface area contributed by atoms with Crippen LogP contribution in [0.4, 0.5) is 0 Å². The van der Waals surface area contributed by atoms with Gasteiger partial charge < -0.3 is 40.3 Å². The monoisotopic (exact) mass is 974 g/mol. The molecule has 1 rings (SSSR count). The number of rotatable bonds is 44. The number of hydrogen-bond donors (Lipinski definition) is 6. The van der Waals surface area contributed by atoms with Gasteiger partial charge in [0.2, 0.25) is 5.91 Å². The Morgan fingerprint density at radius 2 is 0.886 bits per heavy atom. The predicted octanol–water partition coefficient (Wildman–Crippen LogP) is 13.3. The van der Waals surface area contributed by atoms with Gasteiger partial charge in [0, 0.05) is 6.42 Å². The Hall–Kier alpha value is -3.67. The average molecular weight is 974 g/mol. The summed E-state index contributed by atoms with van der Waals surface area (Å²) in [7, 11) is 0. The van der Waals surface area contributed by atoms with Gasteiger partial charge in [-0.3, -0.25) is 4.79 Å². The molecular weight excluding hydrogens is 875 g/mol. The first-order valence-corrected chi connectivity index (χ1v) is 27.4. The number of aliphatic hydroxyl groups is 5. The van der Waals surface area contributed by atoms with Crippen LogP contribution in [0, 0.1) is 0 Å². The average Bonchev–Trinajstić information content (AvgIpc) is 3.36. The van der Waals surface area contributed by atoms with Crippen LogP contribution in [0.2, 0.25) is 0 Å². The number of unbranched alkanes of at least 4 members (excludes halogenated alkanes) is 12. The van der Waals surface area contributed by atoms with Gasteiger partial charge in [0.1, 0.15) is 24.4 Å². The molecule has 0 saturated carbocycles. The molecule has 0 aromatic heterocycles. The van der Waals surface area contributed by atoms with E-state index in [-0.39, 0.29) is 12.5 Å². The highest BCUT2D eigenvalue weighted by Gasteiger charge is 2.44. The van der Waals surface area contributed by atoms with Gasteiger partial charge >= 0.3 is 0 Å². The van der Waals surface area contributed by atoms with Gasteiger partial charge in [0.15, 0.2) is 6.29 Å². The molecule has 1 fully saturated rings. The lowest BCUT2D eigenvalue weighted by Gasteiger charge is -2.40. The number of amides is 1. The topological polar surface area (TPSA) is 149 Å². The molecule has 0 aromatic carbocycles. The van der Waals surface area contributed by atoms with Crippen molar-refractivity contribution in [3.8, 4) is 0 Å². The molecular formula is C61H99NO8. The number of carbonyl (C=O) groups excluding carboxylic acids is 1. The molecule has 9 nitrogen and oxygen atoms in total. The molecule has 0 aliphatic carbocycles. The maximum atomic E-state index is 13.0. The zero-order valence-corrected chi connectivity index (χ0v) is 43.7. The fourth-order valence-electron chi connectivity index (χ4n) is 7.69. The number of ether oxygens (including phenoxy) is 2. The lowest BCUT2D eigenvalue weighted by Crippen LogP contribution is -2.60. The van der Waals surface area contributed by atoms with Crippen molar-refractivity contribution in [2.24, 2.45) is 0 Å². The van der Waals surface area contributed by atoms with E-state index in [9.17, 15) is 30.3 Å². The van der Waals surface area contributed by atoms with Gasteiger partial charge in [-0.1, -0.05) is 218 Å². The summed E-state index contributed by atoms with van der Waals surface area (Å²) in [6.07, 6.45) is 67.7. The summed E-state index contributed by atoms with van der Waals surface area (Å²) in [5.41, 5.74) is 0. The van der Waals surface area contributed by atoms with Crippen molar-refractivity contribution in [2.75, 3.05) is 13.2 Å². The Morgan fingerprint density at radius 3 is 1.30 bits per heavy atom. The minimum absolute atomic E-state index is 0.161. The Labute approximate surface area is 426 Å². The Kier molecular flexibility index (Phi) is 45.0. The second kappa shape index (κ2) is 48.9. The van der Waals surface area contributed by atoms with Crippen LogP contribution in [0.1, 0.15) is 187 Å².